The van der Waals surface area contributed by atoms with Crippen LogP contribution in [0.25, 0.3) is 0 Å². The number of pyridine rings is 1. The Kier molecular flexibility index (Phi) is 4.70. The third kappa shape index (κ3) is 3.32. The van der Waals surface area contributed by atoms with Crippen molar-refractivity contribution in [3.63, 3.8) is 0 Å². The van der Waals surface area contributed by atoms with E-state index in [1.54, 1.807) is 6.07 Å². The van der Waals surface area contributed by atoms with E-state index in [9.17, 15) is 10.1 Å². The average molecular weight is 398 g/mol. The minimum atomic E-state index is -0.578. The molecule has 0 amide bonds. The molecule has 9 heteroatoms. The predicted octanol–water partition coefficient (Wildman–Crippen LogP) is 5.50. The summed E-state index contributed by atoms with van der Waals surface area (Å²) < 4.78 is 5.89. The van der Waals surface area contributed by atoms with Gasteiger partial charge in [0.1, 0.15) is 5.02 Å². The second-order valence-electron chi connectivity index (χ2n) is 3.52. The monoisotopic (exact) mass is 396 g/mol. The quantitative estimate of drug-likeness (QED) is 0.389. The van der Waals surface area contributed by atoms with Gasteiger partial charge in [-0.05, 0) is 18.2 Å². The maximum atomic E-state index is 11.0. The van der Waals surface area contributed by atoms with Gasteiger partial charge < -0.3 is 4.74 Å². The zero-order valence-corrected chi connectivity index (χ0v) is 13.3. The summed E-state index contributed by atoms with van der Waals surface area (Å²) in [6.45, 7) is 0. The lowest BCUT2D eigenvalue weighted by molar-refractivity contribution is -0.385. The van der Waals surface area contributed by atoms with Gasteiger partial charge in [-0.3, -0.25) is 10.1 Å². The lowest BCUT2D eigenvalue weighted by Gasteiger charge is -2.08. The molecule has 0 aliphatic heterocycles. The molecule has 0 bridgehead atoms. The molecule has 0 fully saturated rings. The molecule has 20 heavy (non-hydrogen) atoms. The Morgan fingerprint density at radius 2 is 1.90 bits per heavy atom. The van der Waals surface area contributed by atoms with Crippen LogP contribution in [0, 0.1) is 10.1 Å². The molecule has 0 aliphatic rings. The normalized spacial score (nSPS) is 10.4. The van der Waals surface area contributed by atoms with Crippen molar-refractivity contribution in [3.05, 3.63) is 54.1 Å². The number of nitro benzene ring substituents is 1. The first-order valence-electron chi connectivity index (χ1n) is 5.02. The third-order valence-corrected chi connectivity index (χ3v) is 3.62. The van der Waals surface area contributed by atoms with Crippen LogP contribution < -0.4 is 4.74 Å². The molecule has 1 heterocycles. The Morgan fingerprint density at radius 1 is 1.20 bits per heavy atom. The summed E-state index contributed by atoms with van der Waals surface area (Å²) in [7, 11) is 0. The molecule has 104 valence electrons. The smallest absolute Gasteiger partial charge is 0.312 e. The molecule has 2 aromatic rings. The van der Waals surface area contributed by atoms with Gasteiger partial charge in [0, 0.05) is 10.5 Å². The largest absolute Gasteiger partial charge is 0.430 e. The molecule has 0 saturated carbocycles. The van der Waals surface area contributed by atoms with E-state index in [1.165, 1.54) is 18.2 Å². The van der Waals surface area contributed by atoms with Crippen molar-refractivity contribution < 1.29 is 9.66 Å². The Labute approximate surface area is 136 Å². The molecule has 1 aromatic carbocycles. The van der Waals surface area contributed by atoms with Crippen LogP contribution in [0.2, 0.25) is 15.2 Å². The highest BCUT2D eigenvalue weighted by Gasteiger charge is 2.19. The minimum Gasteiger partial charge on any atom is -0.430 e. The maximum absolute atomic E-state index is 11.0. The SMILES string of the molecule is O=[N+]([O-])c1cc(Br)ccc1Oc1nc(Cl)c(Cl)cc1Cl. The van der Waals surface area contributed by atoms with Gasteiger partial charge in [-0.1, -0.05) is 50.7 Å². The molecular weight excluding hydrogens is 394 g/mol. The van der Waals surface area contributed by atoms with Gasteiger partial charge in [-0.2, -0.15) is 4.98 Å². The fourth-order valence-electron chi connectivity index (χ4n) is 1.32. The van der Waals surface area contributed by atoms with Crippen molar-refractivity contribution in [2.45, 2.75) is 0 Å². The average Bonchev–Trinajstić information content (AvgIpc) is 2.37. The number of hydrogen-bond donors (Lipinski definition) is 0. The molecular formula is C11H4BrCl3N2O3. The zero-order chi connectivity index (χ0) is 14.9. The molecule has 2 rings (SSSR count). The number of benzene rings is 1. The van der Waals surface area contributed by atoms with Gasteiger partial charge in [-0.25, -0.2) is 0 Å². The molecule has 0 atom stereocenters. The highest BCUT2D eigenvalue weighted by molar-refractivity contribution is 9.10. The molecule has 0 unspecified atom stereocenters. The topological polar surface area (TPSA) is 65.3 Å². The van der Waals surface area contributed by atoms with Crippen LogP contribution in [0.15, 0.2) is 28.7 Å². The van der Waals surface area contributed by atoms with Gasteiger partial charge in [0.25, 0.3) is 0 Å². The van der Waals surface area contributed by atoms with E-state index < -0.39 is 4.92 Å². The third-order valence-electron chi connectivity index (χ3n) is 2.18. The summed E-state index contributed by atoms with van der Waals surface area (Å²) in [4.78, 5) is 14.2. The standard InChI is InChI=1S/C11H4BrCl3N2O3/c12-5-1-2-9(8(3-5)17(18)19)20-11-7(14)4-6(13)10(15)16-11/h1-4H. The fraction of sp³-hybridized carbons (Fsp3) is 0. The van der Waals surface area contributed by atoms with Crippen LogP contribution in [0.3, 0.4) is 0 Å². The summed E-state index contributed by atoms with van der Waals surface area (Å²) in [5, 5.41) is 11.2. The van der Waals surface area contributed by atoms with E-state index in [4.69, 9.17) is 39.5 Å². The summed E-state index contributed by atoms with van der Waals surface area (Å²) >= 11 is 20.5. The summed E-state index contributed by atoms with van der Waals surface area (Å²) in [5.74, 6) is -0.0718. The first-order chi connectivity index (χ1) is 9.38. The molecule has 0 radical (unpaired) electrons. The fourth-order valence-corrected chi connectivity index (χ4v) is 2.20. The summed E-state index contributed by atoms with van der Waals surface area (Å²) in [6.07, 6.45) is 0. The highest BCUT2D eigenvalue weighted by atomic mass is 79.9. The number of nitrogens with zero attached hydrogens (tertiary/aromatic N) is 2. The Morgan fingerprint density at radius 3 is 2.55 bits per heavy atom. The summed E-state index contributed by atoms with van der Waals surface area (Å²) in [5.41, 5.74) is -0.233. The molecule has 0 spiro atoms. The molecule has 0 saturated heterocycles. The molecule has 5 nitrogen and oxygen atoms in total. The highest BCUT2D eigenvalue weighted by Crippen LogP contribution is 2.37. The number of halogens is 4. The van der Waals surface area contributed by atoms with Crippen LogP contribution in [0.1, 0.15) is 0 Å². The van der Waals surface area contributed by atoms with Gasteiger partial charge in [0.15, 0.2) is 5.15 Å². The van der Waals surface area contributed by atoms with E-state index in [2.05, 4.69) is 20.9 Å². The van der Waals surface area contributed by atoms with Crippen LogP contribution in [-0.2, 0) is 0 Å². The van der Waals surface area contributed by atoms with Crippen molar-refractivity contribution in [2.24, 2.45) is 0 Å². The maximum Gasteiger partial charge on any atom is 0.312 e. The van der Waals surface area contributed by atoms with E-state index in [-0.39, 0.29) is 32.5 Å². The van der Waals surface area contributed by atoms with Crippen LogP contribution in [-0.4, -0.2) is 9.91 Å². The first-order valence-corrected chi connectivity index (χ1v) is 6.94. The second kappa shape index (κ2) is 6.13. The number of hydrogen-bond acceptors (Lipinski definition) is 4. The van der Waals surface area contributed by atoms with Crippen LogP contribution in [0.5, 0.6) is 11.6 Å². The van der Waals surface area contributed by atoms with E-state index in [0.717, 1.165) is 0 Å². The van der Waals surface area contributed by atoms with Crippen molar-refractivity contribution in [2.75, 3.05) is 0 Å². The zero-order valence-electron chi connectivity index (χ0n) is 9.44. The molecule has 1 aromatic heterocycles. The van der Waals surface area contributed by atoms with Gasteiger partial charge in [-0.15, -0.1) is 0 Å². The second-order valence-corrected chi connectivity index (χ2v) is 5.61. The number of nitro groups is 1. The van der Waals surface area contributed by atoms with Crippen molar-refractivity contribution in [1.29, 1.82) is 0 Å². The van der Waals surface area contributed by atoms with Gasteiger partial charge in [0.05, 0.1) is 9.95 Å². The van der Waals surface area contributed by atoms with E-state index in [0.29, 0.717) is 4.47 Å². The summed E-state index contributed by atoms with van der Waals surface area (Å²) in [6, 6.07) is 5.66. The first kappa shape index (κ1) is 15.3. The van der Waals surface area contributed by atoms with E-state index in [1.807, 2.05) is 0 Å². The lowest BCUT2D eigenvalue weighted by atomic mass is 10.3. The Balaban J connectivity index is 2.45. The molecule has 0 N–H and O–H groups in total. The van der Waals surface area contributed by atoms with Gasteiger partial charge >= 0.3 is 5.69 Å². The van der Waals surface area contributed by atoms with Crippen molar-refractivity contribution in [3.8, 4) is 11.6 Å². The Bertz CT molecular complexity index is 697. The van der Waals surface area contributed by atoms with Crippen LogP contribution >= 0.6 is 50.7 Å². The predicted molar refractivity (Wildman–Crippen MR) is 80.1 cm³/mol. The van der Waals surface area contributed by atoms with E-state index >= 15 is 0 Å². The Hall–Kier alpha value is -1.08. The number of aromatic nitrogens is 1. The van der Waals surface area contributed by atoms with Crippen LogP contribution in [0.4, 0.5) is 5.69 Å². The number of rotatable bonds is 3. The lowest BCUT2D eigenvalue weighted by Crippen LogP contribution is -1.95. The minimum absolute atomic E-state index is 0.00834. The number of ether oxygens (including phenoxy) is 1. The molecule has 0 aliphatic carbocycles. The van der Waals surface area contributed by atoms with Gasteiger partial charge in [0.2, 0.25) is 11.6 Å². The van der Waals surface area contributed by atoms with Crippen molar-refractivity contribution >= 4 is 56.4 Å². The van der Waals surface area contributed by atoms with Crippen molar-refractivity contribution in [1.82, 2.24) is 4.98 Å².